The first-order chi connectivity index (χ1) is 17.4. The Kier molecular flexibility index (Phi) is 9.62. The van der Waals surface area contributed by atoms with Gasteiger partial charge in [0.05, 0.1) is 18.3 Å². The Bertz CT molecular complexity index is 1660. The van der Waals surface area contributed by atoms with E-state index in [4.69, 9.17) is 9.47 Å². The summed E-state index contributed by atoms with van der Waals surface area (Å²) in [5.74, 6) is -0.666. The molecule has 13 heteroatoms. The zero-order chi connectivity index (χ0) is 27.1. The molecule has 0 aliphatic heterocycles. The van der Waals surface area contributed by atoms with Gasteiger partial charge in [0, 0.05) is 10.7 Å². The average molecular weight is 1080 g/mol. The molecule has 0 amide bonds. The molecule has 0 unspecified atom stereocenters. The van der Waals surface area contributed by atoms with Gasteiger partial charge in [-0.1, -0.05) is 24.3 Å². The molecular formula is C24H11I5O7S. The Hall–Kier alpha value is -0.360. The normalized spacial score (nSPS) is 11.4. The highest BCUT2D eigenvalue weighted by molar-refractivity contribution is 14.1. The minimum atomic E-state index is -4.43. The molecule has 0 aliphatic rings. The van der Waals surface area contributed by atoms with Crippen molar-refractivity contribution < 1.29 is 32.0 Å². The van der Waals surface area contributed by atoms with Gasteiger partial charge in [0.1, 0.15) is 10.6 Å². The highest BCUT2D eigenvalue weighted by Crippen LogP contribution is 2.33. The van der Waals surface area contributed by atoms with Crippen LogP contribution in [0.1, 0.15) is 20.7 Å². The van der Waals surface area contributed by atoms with Crippen LogP contribution < -0.4 is 9.47 Å². The summed E-state index contributed by atoms with van der Waals surface area (Å²) in [7, 11) is -4.43. The van der Waals surface area contributed by atoms with Crippen molar-refractivity contribution in [3.8, 4) is 11.5 Å². The number of carbonyl (C=O) groups is 2. The van der Waals surface area contributed by atoms with E-state index in [2.05, 4.69) is 67.8 Å². The van der Waals surface area contributed by atoms with E-state index in [0.29, 0.717) is 22.1 Å². The third-order valence-corrected chi connectivity index (χ3v) is 10.6. The van der Waals surface area contributed by atoms with Crippen LogP contribution in [0.15, 0.2) is 65.6 Å². The van der Waals surface area contributed by atoms with E-state index in [1.807, 2.05) is 12.1 Å². The number of hydrogen-bond acceptors (Lipinski definition) is 6. The molecule has 0 atom stereocenters. The molecule has 7 nitrogen and oxygen atoms in total. The topological polar surface area (TPSA) is 107 Å². The largest absolute Gasteiger partial charge is 0.423 e. The summed E-state index contributed by atoms with van der Waals surface area (Å²) in [6.07, 6.45) is 0. The summed E-state index contributed by atoms with van der Waals surface area (Å²) in [4.78, 5) is 26.0. The zero-order valence-electron chi connectivity index (χ0n) is 18.0. The van der Waals surface area contributed by atoms with Crippen LogP contribution >= 0.6 is 113 Å². The Morgan fingerprint density at radius 2 is 1.14 bits per heavy atom. The summed E-state index contributed by atoms with van der Waals surface area (Å²) in [5, 5.41) is 1.01. The van der Waals surface area contributed by atoms with Gasteiger partial charge in [0.15, 0.2) is 5.75 Å². The maximum atomic E-state index is 13.2. The van der Waals surface area contributed by atoms with Crippen molar-refractivity contribution in [1.29, 1.82) is 0 Å². The molecule has 4 aromatic rings. The molecule has 4 rings (SSSR count). The summed E-state index contributed by atoms with van der Waals surface area (Å²) in [6, 6.07) is 16.5. The van der Waals surface area contributed by atoms with Gasteiger partial charge in [-0.2, -0.15) is 8.42 Å². The van der Waals surface area contributed by atoms with Crippen molar-refractivity contribution >= 4 is 146 Å². The summed E-state index contributed by atoms with van der Waals surface area (Å²) in [5.41, 5.74) is 0.508. The molecule has 0 radical (unpaired) electrons. The number of hydrogen-bond donors (Lipinski definition) is 1. The molecule has 0 aliphatic carbocycles. The van der Waals surface area contributed by atoms with Crippen molar-refractivity contribution in [3.05, 3.63) is 89.6 Å². The van der Waals surface area contributed by atoms with Crippen molar-refractivity contribution in [2.45, 2.75) is 4.90 Å². The molecule has 37 heavy (non-hydrogen) atoms. The second-order valence-corrected chi connectivity index (χ2v) is 14.6. The Labute approximate surface area is 279 Å². The first-order valence-electron chi connectivity index (χ1n) is 9.94. The third kappa shape index (κ3) is 6.69. The smallest absolute Gasteiger partial charge is 0.344 e. The van der Waals surface area contributed by atoms with Gasteiger partial charge < -0.3 is 9.47 Å². The molecule has 0 saturated heterocycles. The van der Waals surface area contributed by atoms with Crippen LogP contribution in [0.4, 0.5) is 0 Å². The SMILES string of the molecule is O=C(Oc1cc(I)c(S(=O)(=O)O)c(I)c1)c1cccc2c(C(=O)Oc3c(I)cc(I)cc3I)cccc12. The maximum Gasteiger partial charge on any atom is 0.344 e. The van der Waals surface area contributed by atoms with Crippen LogP contribution in [-0.4, -0.2) is 24.9 Å². The van der Waals surface area contributed by atoms with E-state index in [1.165, 1.54) is 12.1 Å². The second-order valence-electron chi connectivity index (χ2n) is 7.37. The first-order valence-corrected chi connectivity index (χ1v) is 16.8. The maximum absolute atomic E-state index is 13.2. The lowest BCUT2D eigenvalue weighted by atomic mass is 10.00. The number of esters is 2. The molecule has 1 N–H and O–H groups in total. The predicted octanol–water partition coefficient (Wildman–Crippen LogP) is 7.55. The van der Waals surface area contributed by atoms with E-state index in [1.54, 1.807) is 81.6 Å². The number of halogens is 5. The lowest BCUT2D eigenvalue weighted by Gasteiger charge is -2.13. The summed E-state index contributed by atoms with van der Waals surface area (Å²) >= 11 is 9.94. The van der Waals surface area contributed by atoms with Gasteiger partial charge in [0.25, 0.3) is 10.1 Å². The number of fused-ring (bicyclic) bond motifs is 1. The molecule has 190 valence electrons. The molecule has 0 fully saturated rings. The van der Waals surface area contributed by atoms with Gasteiger partial charge >= 0.3 is 11.9 Å². The minimum absolute atomic E-state index is 0.113. The Morgan fingerprint density at radius 1 is 0.676 bits per heavy atom. The van der Waals surface area contributed by atoms with Gasteiger partial charge in [-0.25, -0.2) is 9.59 Å². The zero-order valence-corrected chi connectivity index (χ0v) is 29.6. The van der Waals surface area contributed by atoms with Crippen molar-refractivity contribution in [2.75, 3.05) is 0 Å². The van der Waals surface area contributed by atoms with E-state index >= 15 is 0 Å². The molecule has 0 spiro atoms. The fraction of sp³-hybridized carbons (Fsp3) is 0. The van der Waals surface area contributed by atoms with Crippen LogP contribution in [-0.2, 0) is 10.1 Å². The molecule has 4 aromatic carbocycles. The number of carbonyl (C=O) groups excluding carboxylic acids is 2. The van der Waals surface area contributed by atoms with E-state index in [9.17, 15) is 22.6 Å². The van der Waals surface area contributed by atoms with Crippen LogP contribution in [0.5, 0.6) is 11.5 Å². The quantitative estimate of drug-likeness (QED) is 0.0954. The van der Waals surface area contributed by atoms with E-state index in [0.717, 1.165) is 10.7 Å². The number of ether oxygens (including phenoxy) is 2. The standard InChI is InChI=1S/C24H11I5O7S/c25-11-7-17(26)21(18(27)8-11)36-24(31)16-6-2-3-13-14(16)4-1-5-15(13)23(30)35-12-9-19(28)22(20(29)10-12)37(32,33)34/h1-10H,(H,32,33,34). The average Bonchev–Trinajstić information content (AvgIpc) is 2.79. The molecule has 0 bridgehead atoms. The Morgan fingerprint density at radius 3 is 1.59 bits per heavy atom. The van der Waals surface area contributed by atoms with Gasteiger partial charge in [-0.3, -0.25) is 4.55 Å². The van der Waals surface area contributed by atoms with Crippen molar-refractivity contribution in [3.63, 3.8) is 0 Å². The monoisotopic (exact) mass is 1080 g/mol. The van der Waals surface area contributed by atoms with Gasteiger partial charge in [-0.05, 0) is 160 Å². The van der Waals surface area contributed by atoms with Crippen LogP contribution in [0.3, 0.4) is 0 Å². The van der Waals surface area contributed by atoms with Crippen LogP contribution in [0.25, 0.3) is 10.8 Å². The number of benzene rings is 4. The third-order valence-electron chi connectivity index (χ3n) is 4.96. The lowest BCUT2D eigenvalue weighted by molar-refractivity contribution is 0.0724. The Balaban J connectivity index is 1.68. The van der Waals surface area contributed by atoms with Crippen LogP contribution in [0, 0.1) is 17.9 Å². The van der Waals surface area contributed by atoms with E-state index in [-0.39, 0.29) is 23.3 Å². The van der Waals surface area contributed by atoms with Crippen molar-refractivity contribution in [1.82, 2.24) is 0 Å². The number of rotatable bonds is 5. The second kappa shape index (κ2) is 12.0. The van der Waals surface area contributed by atoms with E-state index < -0.39 is 22.1 Å². The summed E-state index contributed by atoms with van der Waals surface area (Å²) in [6.45, 7) is 0. The highest BCUT2D eigenvalue weighted by Gasteiger charge is 2.22. The van der Waals surface area contributed by atoms with Crippen molar-refractivity contribution in [2.24, 2.45) is 0 Å². The van der Waals surface area contributed by atoms with Gasteiger partial charge in [-0.15, -0.1) is 0 Å². The molecular weight excluding hydrogens is 1070 g/mol. The highest BCUT2D eigenvalue weighted by atomic mass is 127. The fourth-order valence-electron chi connectivity index (χ4n) is 3.44. The van der Waals surface area contributed by atoms with Gasteiger partial charge in [0.2, 0.25) is 0 Å². The minimum Gasteiger partial charge on any atom is -0.423 e. The van der Waals surface area contributed by atoms with Crippen LogP contribution in [0.2, 0.25) is 0 Å². The molecule has 0 heterocycles. The summed E-state index contributed by atoms with van der Waals surface area (Å²) < 4.78 is 47.0. The molecule has 0 saturated carbocycles. The predicted molar refractivity (Wildman–Crippen MR) is 180 cm³/mol. The fourth-order valence-corrected chi connectivity index (χ4v) is 11.2. The first kappa shape index (κ1) is 29.6. The lowest BCUT2D eigenvalue weighted by Crippen LogP contribution is -2.13. The molecule has 0 aromatic heterocycles.